The van der Waals surface area contributed by atoms with Crippen LogP contribution in [0.5, 0.6) is 0 Å². The van der Waals surface area contributed by atoms with Gasteiger partial charge in [0.05, 0.1) is 23.9 Å². The second-order valence-corrected chi connectivity index (χ2v) is 12.6. The summed E-state index contributed by atoms with van der Waals surface area (Å²) in [5.74, 6) is 0.272. The number of nitrogens with zero attached hydrogens (tertiary/aromatic N) is 5. The average molecular weight is 560 g/mol. The number of fused-ring (bicyclic) bond motifs is 1. The van der Waals surface area contributed by atoms with E-state index >= 15 is 0 Å². The van der Waals surface area contributed by atoms with Gasteiger partial charge in [-0.1, -0.05) is 18.2 Å². The zero-order valence-electron chi connectivity index (χ0n) is 25.0. The Labute approximate surface area is 242 Å². The molecule has 0 radical (unpaired) electrons. The number of urea groups is 1. The Morgan fingerprint density at radius 1 is 1.05 bits per heavy atom. The molecule has 218 valence electrons. The molecule has 2 aliphatic heterocycles. The summed E-state index contributed by atoms with van der Waals surface area (Å²) in [7, 11) is 0. The van der Waals surface area contributed by atoms with Crippen LogP contribution >= 0.6 is 0 Å². The Morgan fingerprint density at radius 2 is 1.83 bits per heavy atom. The molecule has 9 nitrogen and oxygen atoms in total. The molecular weight excluding hydrogens is 518 g/mol. The van der Waals surface area contributed by atoms with E-state index in [0.717, 1.165) is 41.5 Å². The summed E-state index contributed by atoms with van der Waals surface area (Å²) in [6, 6.07) is 9.99. The highest BCUT2D eigenvalue weighted by Crippen LogP contribution is 2.31. The maximum atomic E-state index is 13.6. The van der Waals surface area contributed by atoms with Crippen molar-refractivity contribution in [1.29, 1.82) is 0 Å². The molecule has 2 fully saturated rings. The van der Waals surface area contributed by atoms with Crippen LogP contribution in [0, 0.1) is 19.8 Å². The van der Waals surface area contributed by atoms with Gasteiger partial charge in [0.25, 0.3) is 0 Å². The van der Waals surface area contributed by atoms with Gasteiger partial charge in [0.1, 0.15) is 5.60 Å². The van der Waals surface area contributed by atoms with Crippen LogP contribution in [0.25, 0.3) is 5.52 Å². The number of piperidine rings is 1. The van der Waals surface area contributed by atoms with Gasteiger partial charge in [0.2, 0.25) is 5.91 Å². The number of pyridine rings is 1. The molecule has 5 rings (SSSR count). The van der Waals surface area contributed by atoms with E-state index in [1.807, 2.05) is 63.9 Å². The number of likely N-dealkylation sites (tertiary alicyclic amines) is 1. The van der Waals surface area contributed by atoms with E-state index in [-0.39, 0.29) is 37.0 Å². The fourth-order valence-electron chi connectivity index (χ4n) is 5.88. The lowest BCUT2D eigenvalue weighted by Gasteiger charge is -2.38. The molecule has 41 heavy (non-hydrogen) atoms. The van der Waals surface area contributed by atoms with Crippen molar-refractivity contribution in [1.82, 2.24) is 19.4 Å². The summed E-state index contributed by atoms with van der Waals surface area (Å²) in [5, 5.41) is 4.50. The second-order valence-electron chi connectivity index (χ2n) is 12.6. The SMILES string of the molecule is Cc1ccc(CN2C(=O)CCN(c3cnn4ccc(C[C@@H]5CCN(C(=O)OC(C)(C)C)[C@@H](C)C5)cc34)C2=O)cc1C. The molecule has 4 heterocycles. The summed E-state index contributed by atoms with van der Waals surface area (Å²) < 4.78 is 7.38. The van der Waals surface area contributed by atoms with Gasteiger partial charge in [-0.15, -0.1) is 0 Å². The van der Waals surface area contributed by atoms with Gasteiger partial charge >= 0.3 is 12.1 Å². The first-order chi connectivity index (χ1) is 19.4. The van der Waals surface area contributed by atoms with E-state index < -0.39 is 5.60 Å². The molecule has 9 heteroatoms. The standard InChI is InChI=1S/C32H41N5O4/c1-21-7-8-26(15-22(21)2)20-36-29(38)11-13-35(30(36)39)28-19-33-37-14-10-25(18-27(28)37)17-24-9-12-34(23(3)16-24)31(40)41-32(4,5)6/h7-8,10,14-15,18-19,23-24H,9,11-13,16-17,20H2,1-6H3/t23-,24+/m0/s1. The van der Waals surface area contributed by atoms with E-state index in [4.69, 9.17) is 4.74 Å². The first-order valence-electron chi connectivity index (χ1n) is 14.5. The third-order valence-corrected chi connectivity index (χ3v) is 8.22. The lowest BCUT2D eigenvalue weighted by molar-refractivity contribution is -0.129. The molecule has 1 aromatic carbocycles. The molecule has 3 aromatic rings. The van der Waals surface area contributed by atoms with Crippen LogP contribution < -0.4 is 4.90 Å². The van der Waals surface area contributed by atoms with E-state index in [2.05, 4.69) is 24.2 Å². The summed E-state index contributed by atoms with van der Waals surface area (Å²) in [6.45, 7) is 13.1. The fourth-order valence-corrected chi connectivity index (χ4v) is 5.88. The number of carbonyl (C=O) groups excluding carboxylic acids is 3. The molecule has 4 amide bonds. The molecule has 2 aromatic heterocycles. The van der Waals surface area contributed by atoms with Crippen LogP contribution in [0.1, 0.15) is 69.2 Å². The summed E-state index contributed by atoms with van der Waals surface area (Å²) in [4.78, 5) is 43.9. The summed E-state index contributed by atoms with van der Waals surface area (Å²) in [5.41, 5.74) is 5.46. The van der Waals surface area contributed by atoms with Gasteiger partial charge < -0.3 is 9.64 Å². The topological polar surface area (TPSA) is 87.5 Å². The Balaban J connectivity index is 1.30. The summed E-state index contributed by atoms with van der Waals surface area (Å²) >= 11 is 0. The number of hydrogen-bond donors (Lipinski definition) is 0. The largest absolute Gasteiger partial charge is 0.444 e. The van der Waals surface area contributed by atoms with Crippen LogP contribution in [-0.2, 0) is 22.5 Å². The molecule has 2 atom stereocenters. The highest BCUT2D eigenvalue weighted by molar-refractivity contribution is 6.07. The summed E-state index contributed by atoms with van der Waals surface area (Å²) in [6.07, 6.45) is 6.34. The minimum Gasteiger partial charge on any atom is -0.444 e. The molecule has 0 spiro atoms. The lowest BCUT2D eigenvalue weighted by atomic mass is 9.87. The van der Waals surface area contributed by atoms with Crippen LogP contribution in [0.4, 0.5) is 15.3 Å². The number of rotatable bonds is 5. The van der Waals surface area contributed by atoms with Gasteiger partial charge in [-0.25, -0.2) is 14.1 Å². The van der Waals surface area contributed by atoms with Crippen LogP contribution in [0.3, 0.4) is 0 Å². The van der Waals surface area contributed by atoms with Crippen molar-refractivity contribution >= 4 is 29.2 Å². The molecule has 2 saturated heterocycles. The predicted molar refractivity (Wildman–Crippen MR) is 158 cm³/mol. The van der Waals surface area contributed by atoms with Crippen molar-refractivity contribution in [3.63, 3.8) is 0 Å². The zero-order valence-corrected chi connectivity index (χ0v) is 25.0. The number of amides is 4. The predicted octanol–water partition coefficient (Wildman–Crippen LogP) is 5.89. The number of aryl methyl sites for hydroxylation is 2. The molecule has 0 aliphatic carbocycles. The Kier molecular flexibility index (Phi) is 7.81. The normalized spacial score (nSPS) is 20.2. The van der Waals surface area contributed by atoms with E-state index in [9.17, 15) is 14.4 Å². The molecule has 0 saturated carbocycles. The Hall–Kier alpha value is -3.88. The number of benzene rings is 1. The van der Waals surface area contributed by atoms with E-state index in [1.165, 1.54) is 10.5 Å². The van der Waals surface area contributed by atoms with Crippen molar-refractivity contribution in [3.8, 4) is 0 Å². The van der Waals surface area contributed by atoms with Gasteiger partial charge in [-0.2, -0.15) is 5.10 Å². The molecule has 0 bridgehead atoms. The minimum absolute atomic E-state index is 0.102. The van der Waals surface area contributed by atoms with Gasteiger partial charge in [-0.05, 0) is 101 Å². The highest BCUT2D eigenvalue weighted by atomic mass is 16.6. The van der Waals surface area contributed by atoms with Crippen molar-refractivity contribution in [2.75, 3.05) is 18.0 Å². The van der Waals surface area contributed by atoms with Crippen molar-refractivity contribution in [3.05, 3.63) is 65.0 Å². The molecule has 0 N–H and O–H groups in total. The van der Waals surface area contributed by atoms with E-state index in [0.29, 0.717) is 24.7 Å². The van der Waals surface area contributed by atoms with Gasteiger partial charge in [0, 0.05) is 31.7 Å². The van der Waals surface area contributed by atoms with Crippen molar-refractivity contribution in [2.24, 2.45) is 5.92 Å². The molecule has 2 aliphatic rings. The fraction of sp³-hybridized carbons (Fsp3) is 0.500. The quantitative estimate of drug-likeness (QED) is 0.389. The monoisotopic (exact) mass is 559 g/mol. The van der Waals surface area contributed by atoms with Crippen LogP contribution in [0.2, 0.25) is 0 Å². The van der Waals surface area contributed by atoms with Crippen molar-refractivity contribution in [2.45, 2.75) is 85.4 Å². The molecular formula is C32H41N5O4. The van der Waals surface area contributed by atoms with Gasteiger partial charge in [0.15, 0.2) is 0 Å². The van der Waals surface area contributed by atoms with Crippen LogP contribution in [0.15, 0.2) is 42.7 Å². The zero-order chi connectivity index (χ0) is 29.5. The Bertz CT molecular complexity index is 1470. The maximum Gasteiger partial charge on any atom is 0.410 e. The number of carbonyl (C=O) groups is 3. The first-order valence-corrected chi connectivity index (χ1v) is 14.5. The van der Waals surface area contributed by atoms with Gasteiger partial charge in [-0.3, -0.25) is 14.6 Å². The number of hydrogen-bond acceptors (Lipinski definition) is 5. The number of ether oxygens (including phenoxy) is 1. The maximum absolute atomic E-state index is 13.6. The highest BCUT2D eigenvalue weighted by Gasteiger charge is 2.35. The minimum atomic E-state index is -0.508. The smallest absolute Gasteiger partial charge is 0.410 e. The first kappa shape index (κ1) is 28.6. The lowest BCUT2D eigenvalue weighted by Crippen LogP contribution is -2.52. The number of aromatic nitrogens is 2. The third kappa shape index (κ3) is 6.24. The number of imide groups is 1. The average Bonchev–Trinajstić information content (AvgIpc) is 3.30. The third-order valence-electron chi connectivity index (χ3n) is 8.22. The molecule has 0 unspecified atom stereocenters. The second kappa shape index (κ2) is 11.2. The van der Waals surface area contributed by atoms with Crippen molar-refractivity contribution < 1.29 is 19.1 Å². The van der Waals surface area contributed by atoms with E-state index in [1.54, 1.807) is 15.6 Å². The Morgan fingerprint density at radius 3 is 2.54 bits per heavy atom. The number of anilines is 1. The van der Waals surface area contributed by atoms with Crippen LogP contribution in [-0.4, -0.2) is 62.2 Å².